The largest absolute Gasteiger partial charge is 0.397 e. The Labute approximate surface area is 94.6 Å². The van der Waals surface area contributed by atoms with Crippen LogP contribution in [-0.4, -0.2) is 10.1 Å². The fourth-order valence-corrected chi connectivity index (χ4v) is 1.77. The number of hydrogen-bond donors (Lipinski definition) is 2. The van der Waals surface area contributed by atoms with Gasteiger partial charge in [0, 0.05) is 11.8 Å². The van der Waals surface area contributed by atoms with Crippen molar-refractivity contribution in [2.45, 2.75) is 12.5 Å². The van der Waals surface area contributed by atoms with Gasteiger partial charge in [-0.2, -0.15) is 0 Å². The first-order valence-corrected chi connectivity index (χ1v) is 5.10. The summed E-state index contributed by atoms with van der Waals surface area (Å²) in [5.74, 6) is 0. The monoisotopic (exact) mass is 214 g/mol. The lowest BCUT2D eigenvalue weighted by Gasteiger charge is -2.25. The van der Waals surface area contributed by atoms with Crippen molar-refractivity contribution in [3.63, 3.8) is 0 Å². The molecule has 1 aromatic heterocycles. The number of pyridine rings is 1. The molecule has 1 heterocycles. The van der Waals surface area contributed by atoms with E-state index in [0.29, 0.717) is 11.3 Å². The van der Waals surface area contributed by atoms with E-state index in [1.54, 1.807) is 25.4 Å². The van der Waals surface area contributed by atoms with Crippen molar-refractivity contribution in [3.05, 3.63) is 59.9 Å². The van der Waals surface area contributed by atoms with Crippen LogP contribution in [0.5, 0.6) is 0 Å². The summed E-state index contributed by atoms with van der Waals surface area (Å²) in [5, 5.41) is 10.5. The first kappa shape index (κ1) is 10.6. The molecular weight excluding hydrogens is 200 g/mol. The van der Waals surface area contributed by atoms with Crippen molar-refractivity contribution >= 4 is 5.69 Å². The summed E-state index contributed by atoms with van der Waals surface area (Å²) in [6.07, 6.45) is 3.18. The van der Waals surface area contributed by atoms with E-state index in [9.17, 15) is 5.11 Å². The van der Waals surface area contributed by atoms with Gasteiger partial charge in [-0.3, -0.25) is 4.98 Å². The van der Waals surface area contributed by atoms with Crippen molar-refractivity contribution in [1.29, 1.82) is 0 Å². The predicted octanol–water partition coefficient (Wildman–Crippen LogP) is 1.92. The smallest absolute Gasteiger partial charge is 0.114 e. The maximum atomic E-state index is 10.5. The third kappa shape index (κ3) is 1.77. The van der Waals surface area contributed by atoms with Crippen molar-refractivity contribution < 1.29 is 5.11 Å². The molecule has 0 bridgehead atoms. The number of nitrogen functional groups attached to an aromatic ring is 1. The van der Waals surface area contributed by atoms with Crippen LogP contribution in [0.3, 0.4) is 0 Å². The third-order valence-electron chi connectivity index (χ3n) is 2.71. The average Bonchev–Trinajstić information content (AvgIpc) is 2.30. The van der Waals surface area contributed by atoms with Crippen LogP contribution in [0.15, 0.2) is 48.8 Å². The van der Waals surface area contributed by atoms with E-state index in [4.69, 9.17) is 5.73 Å². The first-order chi connectivity index (χ1) is 7.62. The Balaban J connectivity index is 2.51. The molecule has 0 saturated carbocycles. The standard InChI is InChI=1S/C13H14N2O/c1-13(16,10-5-3-2-4-6-10)11-7-8-15-9-12(11)14/h2-9,16H,14H2,1H3. The first-order valence-electron chi connectivity index (χ1n) is 5.10. The predicted molar refractivity (Wildman–Crippen MR) is 63.8 cm³/mol. The fraction of sp³-hybridized carbons (Fsp3) is 0.154. The summed E-state index contributed by atoms with van der Waals surface area (Å²) in [6.45, 7) is 1.73. The zero-order chi connectivity index (χ0) is 11.6. The summed E-state index contributed by atoms with van der Waals surface area (Å²) in [5.41, 5.74) is 6.72. The molecule has 1 atom stereocenters. The number of nitrogens with two attached hydrogens (primary N) is 1. The fourth-order valence-electron chi connectivity index (χ4n) is 1.77. The highest BCUT2D eigenvalue weighted by atomic mass is 16.3. The molecule has 0 aliphatic heterocycles. The molecule has 0 saturated heterocycles. The van der Waals surface area contributed by atoms with E-state index in [1.807, 2.05) is 30.3 Å². The van der Waals surface area contributed by atoms with E-state index in [2.05, 4.69) is 4.98 Å². The van der Waals surface area contributed by atoms with E-state index in [-0.39, 0.29) is 0 Å². The quantitative estimate of drug-likeness (QED) is 0.803. The molecule has 1 aromatic carbocycles. The molecule has 2 aromatic rings. The van der Waals surface area contributed by atoms with Gasteiger partial charge in [0.1, 0.15) is 5.60 Å². The van der Waals surface area contributed by atoms with Gasteiger partial charge in [0.25, 0.3) is 0 Å². The highest BCUT2D eigenvalue weighted by Gasteiger charge is 2.27. The third-order valence-corrected chi connectivity index (χ3v) is 2.71. The lowest BCUT2D eigenvalue weighted by atomic mass is 9.88. The molecule has 0 aliphatic rings. The Morgan fingerprint density at radius 2 is 1.88 bits per heavy atom. The van der Waals surface area contributed by atoms with Crippen molar-refractivity contribution in [2.75, 3.05) is 5.73 Å². The number of aromatic nitrogens is 1. The number of anilines is 1. The van der Waals surface area contributed by atoms with Crippen molar-refractivity contribution in [2.24, 2.45) is 0 Å². The molecule has 82 valence electrons. The summed E-state index contributed by atoms with van der Waals surface area (Å²) in [6, 6.07) is 11.2. The molecule has 0 radical (unpaired) electrons. The molecule has 16 heavy (non-hydrogen) atoms. The number of nitrogens with zero attached hydrogens (tertiary/aromatic N) is 1. The lowest BCUT2D eigenvalue weighted by Crippen LogP contribution is -2.24. The van der Waals surface area contributed by atoms with Crippen LogP contribution in [-0.2, 0) is 5.60 Å². The summed E-state index contributed by atoms with van der Waals surface area (Å²) in [7, 11) is 0. The molecule has 3 nitrogen and oxygen atoms in total. The molecule has 0 fully saturated rings. The van der Waals surface area contributed by atoms with Gasteiger partial charge in [-0.1, -0.05) is 30.3 Å². The Bertz CT molecular complexity index is 480. The topological polar surface area (TPSA) is 59.1 Å². The van der Waals surface area contributed by atoms with Gasteiger partial charge >= 0.3 is 0 Å². The minimum Gasteiger partial charge on any atom is -0.397 e. The minimum absolute atomic E-state index is 0.497. The Morgan fingerprint density at radius 3 is 2.50 bits per heavy atom. The SMILES string of the molecule is CC(O)(c1ccccc1)c1ccncc1N. The second kappa shape index (κ2) is 3.94. The summed E-state index contributed by atoms with van der Waals surface area (Å²) >= 11 is 0. The van der Waals surface area contributed by atoms with Gasteiger partial charge < -0.3 is 10.8 Å². The molecular formula is C13H14N2O. The minimum atomic E-state index is -1.09. The van der Waals surface area contributed by atoms with Crippen molar-refractivity contribution in [3.8, 4) is 0 Å². The maximum Gasteiger partial charge on any atom is 0.114 e. The number of hydrogen-bond acceptors (Lipinski definition) is 3. The van der Waals surface area contributed by atoms with Gasteiger partial charge in [0.05, 0.1) is 11.9 Å². The molecule has 0 spiro atoms. The van der Waals surface area contributed by atoms with Crippen LogP contribution in [0.4, 0.5) is 5.69 Å². The van der Waals surface area contributed by atoms with Crippen LogP contribution in [0.1, 0.15) is 18.1 Å². The van der Waals surface area contributed by atoms with Crippen molar-refractivity contribution in [1.82, 2.24) is 4.98 Å². The molecule has 3 heteroatoms. The van der Waals surface area contributed by atoms with E-state index in [0.717, 1.165) is 5.56 Å². The second-order valence-electron chi connectivity index (χ2n) is 3.90. The van der Waals surface area contributed by atoms with Gasteiger partial charge in [-0.05, 0) is 18.6 Å². The molecule has 1 unspecified atom stereocenters. The van der Waals surface area contributed by atoms with Crippen LogP contribution in [0.25, 0.3) is 0 Å². The summed E-state index contributed by atoms with van der Waals surface area (Å²) in [4.78, 5) is 3.92. The van der Waals surface area contributed by atoms with Crippen LogP contribution < -0.4 is 5.73 Å². The molecule has 2 rings (SSSR count). The average molecular weight is 214 g/mol. The van der Waals surface area contributed by atoms with E-state index >= 15 is 0 Å². The zero-order valence-corrected chi connectivity index (χ0v) is 9.09. The normalized spacial score (nSPS) is 14.4. The van der Waals surface area contributed by atoms with Crippen LogP contribution >= 0.6 is 0 Å². The van der Waals surface area contributed by atoms with Crippen LogP contribution in [0, 0.1) is 0 Å². The van der Waals surface area contributed by atoms with E-state index in [1.165, 1.54) is 0 Å². The Hall–Kier alpha value is -1.87. The molecule has 0 amide bonds. The summed E-state index contributed by atoms with van der Waals surface area (Å²) < 4.78 is 0. The molecule has 0 aliphatic carbocycles. The highest BCUT2D eigenvalue weighted by molar-refractivity contribution is 5.51. The van der Waals surface area contributed by atoms with Gasteiger partial charge in [-0.15, -0.1) is 0 Å². The second-order valence-corrected chi connectivity index (χ2v) is 3.90. The zero-order valence-electron chi connectivity index (χ0n) is 9.09. The van der Waals surface area contributed by atoms with Crippen LogP contribution in [0.2, 0.25) is 0 Å². The molecule has 3 N–H and O–H groups in total. The van der Waals surface area contributed by atoms with Gasteiger partial charge in [0.15, 0.2) is 0 Å². The number of aliphatic hydroxyl groups is 1. The Morgan fingerprint density at radius 1 is 1.19 bits per heavy atom. The number of rotatable bonds is 2. The van der Waals surface area contributed by atoms with Gasteiger partial charge in [-0.25, -0.2) is 0 Å². The van der Waals surface area contributed by atoms with Gasteiger partial charge in [0.2, 0.25) is 0 Å². The highest BCUT2D eigenvalue weighted by Crippen LogP contribution is 2.31. The lowest BCUT2D eigenvalue weighted by molar-refractivity contribution is 0.103. The number of benzene rings is 1. The Kier molecular flexibility index (Phi) is 2.62. The van der Waals surface area contributed by atoms with E-state index < -0.39 is 5.60 Å². The maximum absolute atomic E-state index is 10.5.